The molecule has 0 bridgehead atoms. The van der Waals surface area contributed by atoms with Crippen LogP contribution in [0.3, 0.4) is 0 Å². The zero-order valence-corrected chi connectivity index (χ0v) is 11.6. The molecule has 2 aromatic rings. The summed E-state index contributed by atoms with van der Waals surface area (Å²) < 4.78 is 6.89. The molecule has 0 spiro atoms. The summed E-state index contributed by atoms with van der Waals surface area (Å²) in [6.07, 6.45) is -0.963. The van der Waals surface area contributed by atoms with Crippen LogP contribution in [0.15, 0.2) is 11.1 Å². The van der Waals surface area contributed by atoms with E-state index in [1.54, 1.807) is 0 Å². The lowest BCUT2D eigenvalue weighted by molar-refractivity contribution is -0.0511. The second kappa shape index (κ2) is 4.85. The maximum atomic E-state index is 12.1. The summed E-state index contributed by atoms with van der Waals surface area (Å²) in [5, 5.41) is 29.1. The van der Waals surface area contributed by atoms with Crippen LogP contribution < -0.4 is 5.56 Å². The highest BCUT2D eigenvalue weighted by molar-refractivity contribution is 5.69. The molecule has 118 valence electrons. The van der Waals surface area contributed by atoms with Crippen LogP contribution in [0, 0.1) is 0 Å². The lowest BCUT2D eigenvalue weighted by Gasteiger charge is -2.16. The molecule has 2 aliphatic rings. The van der Waals surface area contributed by atoms with E-state index in [4.69, 9.17) is 9.84 Å². The number of ether oxygens (including phenoxy) is 1. The molecule has 2 aromatic heterocycles. The Bertz CT molecular complexity index is 767. The van der Waals surface area contributed by atoms with Gasteiger partial charge in [0.2, 0.25) is 0 Å². The van der Waals surface area contributed by atoms with Crippen molar-refractivity contribution in [2.75, 3.05) is 6.61 Å². The van der Waals surface area contributed by atoms with Crippen molar-refractivity contribution in [1.82, 2.24) is 19.5 Å². The van der Waals surface area contributed by atoms with Gasteiger partial charge in [-0.05, 0) is 12.8 Å². The van der Waals surface area contributed by atoms with Crippen molar-refractivity contribution in [2.45, 2.75) is 43.3 Å². The Morgan fingerprint density at radius 3 is 2.77 bits per heavy atom. The van der Waals surface area contributed by atoms with Crippen LogP contribution in [0.25, 0.3) is 11.2 Å². The maximum absolute atomic E-state index is 12.1. The van der Waals surface area contributed by atoms with E-state index >= 15 is 0 Å². The van der Waals surface area contributed by atoms with E-state index in [-0.39, 0.29) is 17.0 Å². The van der Waals surface area contributed by atoms with Gasteiger partial charge in [-0.2, -0.15) is 0 Å². The molecule has 2 fully saturated rings. The zero-order valence-electron chi connectivity index (χ0n) is 11.6. The molecule has 1 aliphatic carbocycles. The molecule has 3 heterocycles. The van der Waals surface area contributed by atoms with E-state index in [1.807, 2.05) is 0 Å². The molecular weight excluding hydrogens is 292 g/mol. The third kappa shape index (κ3) is 1.97. The van der Waals surface area contributed by atoms with Crippen molar-refractivity contribution in [2.24, 2.45) is 0 Å². The Labute approximate surface area is 124 Å². The summed E-state index contributed by atoms with van der Waals surface area (Å²) >= 11 is 0. The molecular formula is C13H16N4O5. The van der Waals surface area contributed by atoms with E-state index in [0.717, 1.165) is 12.8 Å². The molecule has 0 aromatic carbocycles. The molecule has 9 nitrogen and oxygen atoms in total. The second-order valence-electron chi connectivity index (χ2n) is 5.78. The Hall–Kier alpha value is -1.81. The highest BCUT2D eigenvalue weighted by Crippen LogP contribution is 2.38. The Morgan fingerprint density at radius 2 is 2.14 bits per heavy atom. The zero-order chi connectivity index (χ0) is 15.4. The fourth-order valence-electron chi connectivity index (χ4n) is 2.79. The van der Waals surface area contributed by atoms with E-state index in [9.17, 15) is 15.0 Å². The van der Waals surface area contributed by atoms with Crippen LogP contribution in [-0.2, 0) is 4.74 Å². The first kappa shape index (κ1) is 13.8. The van der Waals surface area contributed by atoms with Crippen molar-refractivity contribution in [3.63, 3.8) is 0 Å². The number of hydrogen-bond acceptors (Lipinski definition) is 7. The number of rotatable bonds is 3. The maximum Gasteiger partial charge on any atom is 0.279 e. The van der Waals surface area contributed by atoms with Gasteiger partial charge in [0.05, 0.1) is 12.9 Å². The highest BCUT2D eigenvalue weighted by atomic mass is 16.6. The fourth-order valence-corrected chi connectivity index (χ4v) is 2.79. The molecule has 0 unspecified atom stereocenters. The minimum absolute atomic E-state index is 0.155. The van der Waals surface area contributed by atoms with Gasteiger partial charge < -0.3 is 25.0 Å². The lowest BCUT2D eigenvalue weighted by Crippen LogP contribution is -2.33. The standard InChI is InChI=1S/C13H16N4O5/c18-3-6-8(19)9(20)13(22-6)17-4-14-7-11(17)15-10(5-1-2-5)16-12(7)21/h4-6,8-9,13,18-20H,1-3H2,(H,15,16,21)/t6-,8-,9-,13-/m1/s1. The summed E-state index contributed by atoms with van der Waals surface area (Å²) in [4.78, 5) is 23.2. The van der Waals surface area contributed by atoms with Crippen LogP contribution in [0.4, 0.5) is 0 Å². The number of nitrogens with zero attached hydrogens (tertiary/aromatic N) is 3. The minimum atomic E-state index is -1.24. The number of aromatic amines is 1. The quantitative estimate of drug-likeness (QED) is 0.548. The van der Waals surface area contributed by atoms with Crippen LogP contribution in [0.1, 0.15) is 30.8 Å². The molecule has 1 aliphatic heterocycles. The minimum Gasteiger partial charge on any atom is -0.394 e. The van der Waals surface area contributed by atoms with E-state index in [2.05, 4.69) is 15.0 Å². The third-order valence-electron chi connectivity index (χ3n) is 4.21. The predicted molar refractivity (Wildman–Crippen MR) is 73.1 cm³/mol. The van der Waals surface area contributed by atoms with Gasteiger partial charge >= 0.3 is 0 Å². The molecule has 1 saturated carbocycles. The largest absolute Gasteiger partial charge is 0.394 e. The van der Waals surface area contributed by atoms with Crippen molar-refractivity contribution in [1.29, 1.82) is 0 Å². The van der Waals surface area contributed by atoms with Gasteiger partial charge in [0, 0.05) is 5.92 Å². The van der Waals surface area contributed by atoms with E-state index < -0.39 is 31.1 Å². The number of hydrogen-bond donors (Lipinski definition) is 4. The lowest BCUT2D eigenvalue weighted by atomic mass is 10.1. The van der Waals surface area contributed by atoms with E-state index in [1.165, 1.54) is 10.9 Å². The number of imidazole rings is 1. The molecule has 4 N–H and O–H groups in total. The highest BCUT2D eigenvalue weighted by Gasteiger charge is 2.44. The number of fused-ring (bicyclic) bond motifs is 1. The van der Waals surface area contributed by atoms with Gasteiger partial charge in [0.1, 0.15) is 24.1 Å². The van der Waals surface area contributed by atoms with Crippen molar-refractivity contribution in [3.8, 4) is 0 Å². The third-order valence-corrected chi connectivity index (χ3v) is 4.21. The fraction of sp³-hybridized carbons (Fsp3) is 0.615. The number of aliphatic hydroxyl groups is 3. The number of aliphatic hydroxyl groups excluding tert-OH is 3. The average molecular weight is 308 g/mol. The first-order valence-corrected chi connectivity index (χ1v) is 7.19. The molecule has 22 heavy (non-hydrogen) atoms. The van der Waals surface area contributed by atoms with Gasteiger partial charge in [0.15, 0.2) is 17.4 Å². The van der Waals surface area contributed by atoms with Crippen molar-refractivity contribution >= 4 is 11.2 Å². The molecule has 0 radical (unpaired) electrons. The van der Waals surface area contributed by atoms with Crippen LogP contribution in [0.5, 0.6) is 0 Å². The van der Waals surface area contributed by atoms with Gasteiger partial charge in [-0.15, -0.1) is 0 Å². The van der Waals surface area contributed by atoms with Crippen molar-refractivity contribution in [3.05, 3.63) is 22.5 Å². The van der Waals surface area contributed by atoms with Crippen LogP contribution >= 0.6 is 0 Å². The second-order valence-corrected chi connectivity index (χ2v) is 5.78. The van der Waals surface area contributed by atoms with Gasteiger partial charge in [-0.1, -0.05) is 0 Å². The molecule has 1 saturated heterocycles. The molecule has 4 atom stereocenters. The summed E-state index contributed by atoms with van der Waals surface area (Å²) in [5.41, 5.74) is 0.125. The molecule has 9 heteroatoms. The summed E-state index contributed by atoms with van der Waals surface area (Å²) in [5.74, 6) is 0.858. The Morgan fingerprint density at radius 1 is 1.36 bits per heavy atom. The van der Waals surface area contributed by atoms with Crippen molar-refractivity contribution < 1.29 is 20.1 Å². The number of nitrogens with one attached hydrogen (secondary N) is 1. The summed E-state index contributed by atoms with van der Waals surface area (Å²) in [6.45, 7) is -0.414. The normalized spacial score (nSPS) is 32.0. The summed E-state index contributed by atoms with van der Waals surface area (Å²) in [7, 11) is 0. The van der Waals surface area contributed by atoms with Gasteiger partial charge in [-0.25, -0.2) is 9.97 Å². The molecule has 4 rings (SSSR count). The summed E-state index contributed by atoms with van der Waals surface area (Å²) in [6, 6.07) is 0. The van der Waals surface area contributed by atoms with Crippen LogP contribution in [0.2, 0.25) is 0 Å². The SMILES string of the molecule is O=c1[nH]c(C2CC2)nc2c1ncn2[C@@H]1O[C@H](CO)[C@@H](O)[C@H]1O. The average Bonchev–Trinajstić information content (AvgIpc) is 3.22. The van der Waals surface area contributed by atoms with Gasteiger partial charge in [-0.3, -0.25) is 9.36 Å². The van der Waals surface area contributed by atoms with Crippen LogP contribution in [-0.4, -0.2) is 59.8 Å². The van der Waals surface area contributed by atoms with Gasteiger partial charge in [0.25, 0.3) is 5.56 Å². The topological polar surface area (TPSA) is 133 Å². The first-order chi connectivity index (χ1) is 10.6. The Kier molecular flexibility index (Phi) is 3.05. The number of aromatic nitrogens is 4. The first-order valence-electron chi connectivity index (χ1n) is 7.19. The Balaban J connectivity index is 1.80. The smallest absolute Gasteiger partial charge is 0.279 e. The number of H-pyrrole nitrogens is 1. The van der Waals surface area contributed by atoms with E-state index in [0.29, 0.717) is 11.5 Å². The monoisotopic (exact) mass is 308 g/mol. The predicted octanol–water partition coefficient (Wildman–Crippen LogP) is -1.39. The molecule has 0 amide bonds.